The number of ether oxygens (including phenoxy) is 1. The molecule has 1 heterocycles. The molecular weight excluding hydrogens is 494 g/mol. The van der Waals surface area contributed by atoms with E-state index in [4.69, 9.17) is 16.3 Å². The predicted molar refractivity (Wildman–Crippen MR) is 152 cm³/mol. The third-order valence-corrected chi connectivity index (χ3v) is 6.57. The fourth-order valence-electron chi connectivity index (χ4n) is 4.49. The van der Waals surface area contributed by atoms with Gasteiger partial charge in [-0.2, -0.15) is 5.26 Å². The van der Waals surface area contributed by atoms with Gasteiger partial charge in [-0.25, -0.2) is 0 Å². The summed E-state index contributed by atoms with van der Waals surface area (Å²) < 4.78 is 7.33. The zero-order valence-electron chi connectivity index (χ0n) is 20.7. The van der Waals surface area contributed by atoms with Crippen molar-refractivity contribution < 1.29 is 9.53 Å². The number of benzene rings is 4. The molecule has 0 fully saturated rings. The Bertz CT molecular complexity index is 1600. The fraction of sp³-hybridized carbons (Fsp3) is 0.0625. The van der Waals surface area contributed by atoms with E-state index in [1.807, 2.05) is 89.5 Å². The SMILES string of the molecule is COc1ccc(Cn2c(NC(=O)c3ccc(Cl)cc3)c(C#N)c(-c3ccccc3)c2-c2ccccc2)cc1. The minimum absolute atomic E-state index is 0.328. The molecule has 0 saturated carbocycles. The number of nitrogens with zero attached hydrogens (tertiary/aromatic N) is 2. The quantitative estimate of drug-likeness (QED) is 0.241. The highest BCUT2D eigenvalue weighted by Gasteiger charge is 2.26. The van der Waals surface area contributed by atoms with Gasteiger partial charge in [-0.1, -0.05) is 84.4 Å². The number of halogens is 1. The maximum absolute atomic E-state index is 13.4. The average Bonchev–Trinajstić information content (AvgIpc) is 3.27. The first-order valence-electron chi connectivity index (χ1n) is 12.1. The van der Waals surface area contributed by atoms with Gasteiger partial charge in [-0.05, 0) is 53.1 Å². The Kier molecular flexibility index (Phi) is 7.26. The number of hydrogen-bond donors (Lipinski definition) is 1. The minimum atomic E-state index is -0.328. The highest BCUT2D eigenvalue weighted by molar-refractivity contribution is 6.30. The van der Waals surface area contributed by atoms with Crippen LogP contribution in [0.15, 0.2) is 109 Å². The third-order valence-electron chi connectivity index (χ3n) is 6.32. The van der Waals surface area contributed by atoms with Gasteiger partial charge in [0.25, 0.3) is 5.91 Å². The number of hydrogen-bond acceptors (Lipinski definition) is 3. The van der Waals surface area contributed by atoms with Gasteiger partial charge in [0.2, 0.25) is 0 Å². The van der Waals surface area contributed by atoms with Crippen LogP contribution in [-0.4, -0.2) is 17.6 Å². The molecule has 0 spiro atoms. The standard InChI is InChI=1S/C32H24ClN3O2/c1-38-27-18-12-22(13-19-27)21-36-30(24-10-6-3-7-11-24)29(23-8-4-2-5-9-23)28(20-34)31(36)35-32(37)25-14-16-26(33)17-15-25/h2-19H,21H2,1H3,(H,35,37). The monoisotopic (exact) mass is 517 g/mol. The maximum atomic E-state index is 13.4. The second kappa shape index (κ2) is 11.1. The van der Waals surface area contributed by atoms with Gasteiger partial charge in [0.05, 0.1) is 12.8 Å². The molecule has 0 saturated heterocycles. The van der Waals surface area contributed by atoms with Crippen molar-refractivity contribution in [3.05, 3.63) is 131 Å². The number of aromatic nitrogens is 1. The molecule has 1 N–H and O–H groups in total. The van der Waals surface area contributed by atoms with Gasteiger partial charge in [-0.15, -0.1) is 0 Å². The van der Waals surface area contributed by atoms with Gasteiger partial charge >= 0.3 is 0 Å². The number of nitriles is 1. The number of rotatable bonds is 7. The molecule has 0 bridgehead atoms. The van der Waals surface area contributed by atoms with Crippen LogP contribution in [0, 0.1) is 11.3 Å². The van der Waals surface area contributed by atoms with E-state index >= 15 is 0 Å². The number of carbonyl (C=O) groups is 1. The summed E-state index contributed by atoms with van der Waals surface area (Å²) in [6.45, 7) is 0.423. The molecule has 0 aliphatic rings. The Hall–Kier alpha value is -4.79. The van der Waals surface area contributed by atoms with Crippen LogP contribution in [0.1, 0.15) is 21.5 Å². The average molecular weight is 518 g/mol. The molecule has 0 aliphatic carbocycles. The molecule has 0 unspecified atom stereocenters. The van der Waals surface area contributed by atoms with E-state index in [0.29, 0.717) is 28.5 Å². The second-order valence-electron chi connectivity index (χ2n) is 8.69. The summed E-state index contributed by atoms with van der Waals surface area (Å²) in [5.74, 6) is 0.857. The number of amides is 1. The summed E-state index contributed by atoms with van der Waals surface area (Å²) in [5, 5.41) is 14.0. The van der Waals surface area contributed by atoms with Crippen molar-refractivity contribution in [2.45, 2.75) is 6.54 Å². The molecule has 4 aromatic carbocycles. The lowest BCUT2D eigenvalue weighted by molar-refractivity contribution is 0.102. The number of anilines is 1. The molecule has 38 heavy (non-hydrogen) atoms. The van der Waals surface area contributed by atoms with E-state index < -0.39 is 0 Å². The van der Waals surface area contributed by atoms with Crippen LogP contribution in [-0.2, 0) is 6.54 Å². The van der Waals surface area contributed by atoms with Crippen molar-refractivity contribution in [2.75, 3.05) is 12.4 Å². The Labute approximate surface area is 226 Å². The van der Waals surface area contributed by atoms with E-state index in [9.17, 15) is 10.1 Å². The van der Waals surface area contributed by atoms with Crippen LogP contribution in [0.5, 0.6) is 5.75 Å². The molecule has 5 aromatic rings. The van der Waals surface area contributed by atoms with Crippen molar-refractivity contribution in [3.63, 3.8) is 0 Å². The van der Waals surface area contributed by atoms with Gasteiger partial charge < -0.3 is 14.6 Å². The third kappa shape index (κ3) is 5.04. The van der Waals surface area contributed by atoms with Crippen LogP contribution in [0.3, 0.4) is 0 Å². The minimum Gasteiger partial charge on any atom is -0.497 e. The smallest absolute Gasteiger partial charge is 0.256 e. The molecule has 0 aliphatic heterocycles. The van der Waals surface area contributed by atoms with E-state index in [2.05, 4.69) is 11.4 Å². The first-order valence-corrected chi connectivity index (χ1v) is 12.4. The summed E-state index contributed by atoms with van der Waals surface area (Å²) in [5.41, 5.74) is 5.25. The van der Waals surface area contributed by atoms with Crippen LogP contribution >= 0.6 is 11.6 Å². The van der Waals surface area contributed by atoms with Crippen LogP contribution in [0.2, 0.25) is 5.02 Å². The highest BCUT2D eigenvalue weighted by Crippen LogP contribution is 2.42. The second-order valence-corrected chi connectivity index (χ2v) is 9.12. The Morgan fingerprint density at radius 2 is 1.47 bits per heavy atom. The lowest BCUT2D eigenvalue weighted by Crippen LogP contribution is -2.17. The summed E-state index contributed by atoms with van der Waals surface area (Å²) in [4.78, 5) is 13.4. The molecule has 1 amide bonds. The first kappa shape index (κ1) is 24.9. The molecule has 5 nitrogen and oxygen atoms in total. The van der Waals surface area contributed by atoms with Gasteiger partial charge in [-0.3, -0.25) is 4.79 Å². The fourth-order valence-corrected chi connectivity index (χ4v) is 4.62. The number of nitrogens with one attached hydrogen (secondary N) is 1. The Morgan fingerprint density at radius 3 is 2.05 bits per heavy atom. The Morgan fingerprint density at radius 1 is 0.868 bits per heavy atom. The van der Waals surface area contributed by atoms with Gasteiger partial charge in [0.1, 0.15) is 23.2 Å². The van der Waals surface area contributed by atoms with Crippen LogP contribution in [0.4, 0.5) is 5.82 Å². The van der Waals surface area contributed by atoms with Gasteiger partial charge in [0, 0.05) is 22.7 Å². The molecule has 1 aromatic heterocycles. The van der Waals surface area contributed by atoms with Crippen molar-refractivity contribution in [1.29, 1.82) is 5.26 Å². The van der Waals surface area contributed by atoms with E-state index in [1.165, 1.54) is 0 Å². The Balaban J connectivity index is 1.75. The predicted octanol–water partition coefficient (Wildman–Crippen LogP) is 7.66. The largest absolute Gasteiger partial charge is 0.497 e. The van der Waals surface area contributed by atoms with E-state index in [0.717, 1.165) is 33.7 Å². The van der Waals surface area contributed by atoms with Crippen molar-refractivity contribution >= 4 is 23.3 Å². The molecular formula is C32H24ClN3O2. The van der Waals surface area contributed by atoms with E-state index in [-0.39, 0.29) is 5.91 Å². The van der Waals surface area contributed by atoms with Crippen molar-refractivity contribution in [1.82, 2.24) is 4.57 Å². The van der Waals surface area contributed by atoms with Crippen LogP contribution in [0.25, 0.3) is 22.4 Å². The summed E-state index contributed by atoms with van der Waals surface area (Å²) in [7, 11) is 1.63. The summed E-state index contributed by atoms with van der Waals surface area (Å²) >= 11 is 6.03. The lowest BCUT2D eigenvalue weighted by atomic mass is 9.98. The van der Waals surface area contributed by atoms with E-state index in [1.54, 1.807) is 31.4 Å². The molecule has 0 atom stereocenters. The lowest BCUT2D eigenvalue weighted by Gasteiger charge is -2.16. The molecule has 0 radical (unpaired) electrons. The summed E-state index contributed by atoms with van der Waals surface area (Å²) in [6, 6.07) is 36.5. The van der Waals surface area contributed by atoms with Gasteiger partial charge in [0.15, 0.2) is 0 Å². The first-order chi connectivity index (χ1) is 18.6. The molecule has 5 rings (SSSR count). The number of methoxy groups -OCH3 is 1. The maximum Gasteiger partial charge on any atom is 0.256 e. The molecule has 186 valence electrons. The zero-order valence-corrected chi connectivity index (χ0v) is 21.4. The topological polar surface area (TPSA) is 67.0 Å². The zero-order chi connectivity index (χ0) is 26.5. The molecule has 6 heteroatoms. The van der Waals surface area contributed by atoms with Crippen molar-refractivity contribution in [3.8, 4) is 34.2 Å². The summed E-state index contributed by atoms with van der Waals surface area (Å²) in [6.07, 6.45) is 0. The number of carbonyl (C=O) groups excluding carboxylic acids is 1. The highest BCUT2D eigenvalue weighted by atomic mass is 35.5. The normalized spacial score (nSPS) is 10.6. The van der Waals surface area contributed by atoms with Crippen molar-refractivity contribution in [2.24, 2.45) is 0 Å². The van der Waals surface area contributed by atoms with Crippen LogP contribution < -0.4 is 10.1 Å².